The van der Waals surface area contributed by atoms with E-state index in [1.807, 2.05) is 0 Å². The third-order valence-electron chi connectivity index (χ3n) is 2.68. The van der Waals surface area contributed by atoms with Gasteiger partial charge in [0.05, 0.1) is 0 Å². The van der Waals surface area contributed by atoms with Crippen molar-refractivity contribution in [2.24, 2.45) is 0 Å². The van der Waals surface area contributed by atoms with Crippen LogP contribution in [0.25, 0.3) is 0 Å². The molecule has 1 aliphatic rings. The Kier molecular flexibility index (Phi) is 3.65. The van der Waals surface area contributed by atoms with E-state index in [0.717, 1.165) is 6.07 Å². The topological polar surface area (TPSA) is 38.7 Å². The molecule has 0 aromatic heterocycles. The summed E-state index contributed by atoms with van der Waals surface area (Å²) in [5, 5.41) is 8.76. The van der Waals surface area contributed by atoms with Crippen molar-refractivity contribution in [1.29, 1.82) is 0 Å². The lowest BCUT2D eigenvalue weighted by Gasteiger charge is -2.24. The van der Waals surface area contributed by atoms with Crippen LogP contribution in [0.2, 0.25) is 0 Å². The van der Waals surface area contributed by atoms with Crippen LogP contribution in [0, 0.1) is 0 Å². The number of benzene rings is 1. The fourth-order valence-corrected chi connectivity index (χ4v) is 1.88. The van der Waals surface area contributed by atoms with E-state index in [4.69, 9.17) is 14.6 Å². The lowest BCUT2D eigenvalue weighted by atomic mass is 10.0. The predicted molar refractivity (Wildman–Crippen MR) is 57.8 cm³/mol. The van der Waals surface area contributed by atoms with Crippen LogP contribution in [-0.2, 0) is 12.6 Å². The van der Waals surface area contributed by atoms with E-state index in [0.29, 0.717) is 18.4 Å². The number of alkyl halides is 3. The average molecular weight is 262 g/mol. The summed E-state index contributed by atoms with van der Waals surface area (Å²) >= 11 is 0. The molecule has 0 amide bonds. The van der Waals surface area contributed by atoms with Crippen molar-refractivity contribution in [3.05, 3.63) is 23.3 Å². The molecule has 0 spiro atoms. The minimum Gasteiger partial charge on any atom is -0.486 e. The van der Waals surface area contributed by atoms with Gasteiger partial charge in [-0.05, 0) is 24.5 Å². The van der Waals surface area contributed by atoms with Crippen LogP contribution in [-0.4, -0.2) is 24.9 Å². The first-order chi connectivity index (χ1) is 8.54. The van der Waals surface area contributed by atoms with E-state index in [9.17, 15) is 13.2 Å². The molecule has 6 heteroatoms. The van der Waals surface area contributed by atoms with Gasteiger partial charge in [0.15, 0.2) is 11.5 Å². The van der Waals surface area contributed by atoms with Crippen molar-refractivity contribution in [2.45, 2.75) is 19.0 Å². The Bertz CT molecular complexity index is 429. The number of hydrogen-bond acceptors (Lipinski definition) is 3. The number of fused-ring (bicyclic) bond motifs is 1. The first kappa shape index (κ1) is 13.0. The fourth-order valence-electron chi connectivity index (χ4n) is 1.88. The maximum absolute atomic E-state index is 12.8. The van der Waals surface area contributed by atoms with E-state index in [1.54, 1.807) is 0 Å². The van der Waals surface area contributed by atoms with Crippen molar-refractivity contribution in [3.63, 3.8) is 0 Å². The Morgan fingerprint density at radius 3 is 2.39 bits per heavy atom. The lowest BCUT2D eigenvalue weighted by molar-refractivity contribution is -0.139. The van der Waals surface area contributed by atoms with Gasteiger partial charge in [0.2, 0.25) is 0 Å². The van der Waals surface area contributed by atoms with E-state index in [1.165, 1.54) is 6.07 Å². The van der Waals surface area contributed by atoms with Gasteiger partial charge in [-0.3, -0.25) is 0 Å². The quantitative estimate of drug-likeness (QED) is 0.909. The molecule has 1 N–H and O–H groups in total. The second-order valence-corrected chi connectivity index (χ2v) is 3.95. The minimum atomic E-state index is -4.46. The number of rotatable bonds is 3. The van der Waals surface area contributed by atoms with Crippen LogP contribution >= 0.6 is 0 Å². The summed E-state index contributed by atoms with van der Waals surface area (Å²) in [6, 6.07) is 2.38. The summed E-state index contributed by atoms with van der Waals surface area (Å²) in [6.45, 7) is 0.330. The summed E-state index contributed by atoms with van der Waals surface area (Å²) in [6.07, 6.45) is -3.53. The van der Waals surface area contributed by atoms with Crippen molar-refractivity contribution < 1.29 is 27.8 Å². The van der Waals surface area contributed by atoms with E-state index < -0.39 is 11.7 Å². The van der Waals surface area contributed by atoms with Crippen LogP contribution in [0.4, 0.5) is 13.2 Å². The number of aliphatic hydroxyl groups excluding tert-OH is 1. The Morgan fingerprint density at radius 1 is 1.11 bits per heavy atom. The molecular weight excluding hydrogens is 249 g/mol. The molecule has 0 unspecified atom stereocenters. The zero-order chi connectivity index (χ0) is 13.2. The highest BCUT2D eigenvalue weighted by atomic mass is 19.4. The molecular formula is C12H13F3O3. The smallest absolute Gasteiger partial charge is 0.420 e. The van der Waals surface area contributed by atoms with Crippen LogP contribution in [0.5, 0.6) is 11.5 Å². The number of aliphatic hydroxyl groups is 1. The second-order valence-electron chi connectivity index (χ2n) is 3.95. The first-order valence-electron chi connectivity index (χ1n) is 5.63. The maximum atomic E-state index is 12.8. The van der Waals surface area contributed by atoms with Gasteiger partial charge in [0.1, 0.15) is 18.8 Å². The minimum absolute atomic E-state index is 0.0172. The molecule has 0 fully saturated rings. The Labute approximate surface area is 102 Å². The third-order valence-corrected chi connectivity index (χ3v) is 2.68. The third kappa shape index (κ3) is 2.53. The Balaban J connectivity index is 2.42. The highest BCUT2D eigenvalue weighted by molar-refractivity contribution is 5.53. The first-order valence-corrected chi connectivity index (χ1v) is 5.63. The number of aryl methyl sites for hydroxylation is 1. The summed E-state index contributed by atoms with van der Waals surface area (Å²) in [5.41, 5.74) is -0.184. The van der Waals surface area contributed by atoms with Gasteiger partial charge in [-0.2, -0.15) is 13.2 Å². The van der Waals surface area contributed by atoms with Crippen molar-refractivity contribution in [1.82, 2.24) is 0 Å². The molecule has 1 aromatic carbocycles. The van der Waals surface area contributed by atoms with E-state index in [2.05, 4.69) is 0 Å². The van der Waals surface area contributed by atoms with E-state index >= 15 is 0 Å². The monoisotopic (exact) mass is 262 g/mol. The molecule has 0 atom stereocenters. The highest BCUT2D eigenvalue weighted by Gasteiger charge is 2.37. The second kappa shape index (κ2) is 5.06. The number of halogens is 3. The SMILES string of the molecule is OCCCc1ccc(C(F)(F)F)c2c1OCCO2. The van der Waals surface area contributed by atoms with Gasteiger partial charge < -0.3 is 14.6 Å². The van der Waals surface area contributed by atoms with Crippen LogP contribution in [0.15, 0.2) is 12.1 Å². The molecule has 0 saturated heterocycles. The number of hydrogen-bond donors (Lipinski definition) is 1. The Hall–Kier alpha value is -1.43. The van der Waals surface area contributed by atoms with Crippen molar-refractivity contribution in [2.75, 3.05) is 19.8 Å². The summed E-state index contributed by atoms with van der Waals surface area (Å²) in [5.74, 6) is -0.0753. The van der Waals surface area contributed by atoms with Gasteiger partial charge in [0, 0.05) is 6.61 Å². The summed E-state index contributed by atoms with van der Waals surface area (Å²) in [4.78, 5) is 0. The molecule has 1 aromatic rings. The van der Waals surface area contributed by atoms with Crippen LogP contribution in [0.3, 0.4) is 0 Å². The summed E-state index contributed by atoms with van der Waals surface area (Å²) in [7, 11) is 0. The van der Waals surface area contributed by atoms with Crippen molar-refractivity contribution in [3.8, 4) is 11.5 Å². The van der Waals surface area contributed by atoms with Gasteiger partial charge in [-0.25, -0.2) is 0 Å². The predicted octanol–water partition coefficient (Wildman–Crippen LogP) is 2.40. The number of ether oxygens (including phenoxy) is 2. The van der Waals surface area contributed by atoms with Gasteiger partial charge in [-0.15, -0.1) is 0 Å². The molecule has 18 heavy (non-hydrogen) atoms. The molecule has 1 heterocycles. The molecule has 0 aliphatic carbocycles. The Morgan fingerprint density at radius 2 is 1.78 bits per heavy atom. The highest BCUT2D eigenvalue weighted by Crippen LogP contribution is 2.44. The molecule has 0 radical (unpaired) electrons. The molecule has 1 aliphatic heterocycles. The molecule has 0 bridgehead atoms. The molecule has 3 nitrogen and oxygen atoms in total. The summed E-state index contributed by atoms with van der Waals surface area (Å²) < 4.78 is 48.7. The molecule has 100 valence electrons. The fraction of sp³-hybridized carbons (Fsp3) is 0.500. The van der Waals surface area contributed by atoms with Crippen LogP contribution < -0.4 is 9.47 Å². The normalized spacial score (nSPS) is 14.7. The standard InChI is InChI=1S/C12H13F3O3/c13-12(14,15)9-4-3-8(2-1-5-16)10-11(9)18-7-6-17-10/h3-4,16H,1-2,5-7H2. The van der Waals surface area contributed by atoms with Gasteiger partial charge in [0.25, 0.3) is 0 Å². The van der Waals surface area contributed by atoms with Gasteiger partial charge in [-0.1, -0.05) is 6.07 Å². The zero-order valence-corrected chi connectivity index (χ0v) is 9.59. The molecule has 2 rings (SSSR count). The largest absolute Gasteiger partial charge is 0.486 e. The van der Waals surface area contributed by atoms with Gasteiger partial charge >= 0.3 is 6.18 Å². The molecule has 0 saturated carbocycles. The van der Waals surface area contributed by atoms with Crippen molar-refractivity contribution >= 4 is 0 Å². The van der Waals surface area contributed by atoms with E-state index in [-0.39, 0.29) is 31.3 Å². The van der Waals surface area contributed by atoms with Crippen LogP contribution in [0.1, 0.15) is 17.5 Å². The average Bonchev–Trinajstić information content (AvgIpc) is 2.34. The zero-order valence-electron chi connectivity index (χ0n) is 9.59. The maximum Gasteiger partial charge on any atom is 0.420 e. The lowest BCUT2D eigenvalue weighted by Crippen LogP contribution is -2.20.